The lowest BCUT2D eigenvalue weighted by molar-refractivity contribution is -0.136. The van der Waals surface area contributed by atoms with Crippen LogP contribution in [0.25, 0.3) is 11.0 Å². The first-order valence-electron chi connectivity index (χ1n) is 13.9. The molecule has 2 heterocycles. The molecule has 3 aromatic rings. The maximum Gasteiger partial charge on any atom is 0.417 e. The van der Waals surface area contributed by atoms with E-state index in [1.165, 1.54) is 6.07 Å². The van der Waals surface area contributed by atoms with E-state index in [0.29, 0.717) is 72.6 Å². The first-order chi connectivity index (χ1) is 19.9. The molecule has 3 amide bonds. The second kappa shape index (κ2) is 12.3. The van der Waals surface area contributed by atoms with Gasteiger partial charge in [-0.1, -0.05) is 38.8 Å². The SMILES string of the molecule is CCCc1cc2c(C(F)(F)F)cc(=O)oc2c(CCC)c1OCCCCN1C(=O)NC(C)(c2ccc(C#N)cc2)C1=O. The molecule has 0 radical (unpaired) electrons. The van der Waals surface area contributed by atoms with Gasteiger partial charge in [-0.3, -0.25) is 9.69 Å². The lowest BCUT2D eigenvalue weighted by Crippen LogP contribution is -2.41. The first-order valence-corrected chi connectivity index (χ1v) is 13.9. The molecular weight excluding hydrogens is 551 g/mol. The number of nitriles is 1. The normalized spacial score (nSPS) is 17.0. The van der Waals surface area contributed by atoms with E-state index < -0.39 is 34.8 Å². The molecule has 11 heteroatoms. The zero-order chi connectivity index (χ0) is 30.7. The highest BCUT2D eigenvalue weighted by molar-refractivity contribution is 6.07. The Morgan fingerprint density at radius 1 is 1.05 bits per heavy atom. The number of nitrogens with one attached hydrogen (secondary N) is 1. The van der Waals surface area contributed by atoms with Gasteiger partial charge >= 0.3 is 17.8 Å². The predicted molar refractivity (Wildman–Crippen MR) is 149 cm³/mol. The zero-order valence-corrected chi connectivity index (χ0v) is 23.7. The minimum absolute atomic E-state index is 0.118. The number of unbranched alkanes of at least 4 members (excludes halogenated alkanes) is 1. The molecule has 1 aliphatic heterocycles. The topological polar surface area (TPSA) is 113 Å². The number of alkyl halides is 3. The van der Waals surface area contributed by atoms with E-state index in [9.17, 15) is 27.6 Å². The van der Waals surface area contributed by atoms with Gasteiger partial charge < -0.3 is 14.5 Å². The second-order valence-electron chi connectivity index (χ2n) is 10.5. The van der Waals surface area contributed by atoms with Crippen molar-refractivity contribution in [2.75, 3.05) is 13.2 Å². The van der Waals surface area contributed by atoms with Crippen molar-refractivity contribution in [3.8, 4) is 11.8 Å². The number of nitrogens with zero attached hydrogens (tertiary/aromatic N) is 2. The molecule has 1 saturated heterocycles. The molecule has 42 heavy (non-hydrogen) atoms. The van der Waals surface area contributed by atoms with Crippen LogP contribution in [0.4, 0.5) is 18.0 Å². The molecule has 0 saturated carbocycles. The first kappa shape index (κ1) is 30.6. The molecule has 4 rings (SSSR count). The Morgan fingerprint density at radius 2 is 1.74 bits per heavy atom. The van der Waals surface area contributed by atoms with Crippen LogP contribution in [-0.2, 0) is 29.4 Å². The number of rotatable bonds is 11. The van der Waals surface area contributed by atoms with Crippen molar-refractivity contribution in [3.63, 3.8) is 0 Å². The van der Waals surface area contributed by atoms with Gasteiger partial charge in [0.05, 0.1) is 23.8 Å². The third-order valence-electron chi connectivity index (χ3n) is 7.37. The van der Waals surface area contributed by atoms with Gasteiger partial charge in [0.15, 0.2) is 0 Å². The number of urea groups is 1. The number of hydrogen-bond donors (Lipinski definition) is 1. The van der Waals surface area contributed by atoms with Crippen LogP contribution < -0.4 is 15.7 Å². The van der Waals surface area contributed by atoms with Gasteiger partial charge in [-0.25, -0.2) is 9.59 Å². The largest absolute Gasteiger partial charge is 0.493 e. The van der Waals surface area contributed by atoms with E-state index in [4.69, 9.17) is 14.4 Å². The maximum absolute atomic E-state index is 13.8. The number of aryl methyl sites for hydroxylation is 2. The number of hydrogen-bond acceptors (Lipinski definition) is 6. The molecule has 1 aromatic heterocycles. The smallest absolute Gasteiger partial charge is 0.417 e. The molecule has 8 nitrogen and oxygen atoms in total. The second-order valence-corrected chi connectivity index (χ2v) is 10.5. The fourth-order valence-corrected chi connectivity index (χ4v) is 5.27. The Kier molecular flexibility index (Phi) is 8.95. The van der Waals surface area contributed by atoms with Crippen molar-refractivity contribution >= 4 is 22.9 Å². The summed E-state index contributed by atoms with van der Waals surface area (Å²) in [7, 11) is 0. The van der Waals surface area contributed by atoms with E-state index in [2.05, 4.69) is 5.32 Å². The van der Waals surface area contributed by atoms with Crippen LogP contribution in [0.3, 0.4) is 0 Å². The van der Waals surface area contributed by atoms with E-state index in [1.807, 2.05) is 19.9 Å². The molecule has 1 N–H and O–H groups in total. The number of imide groups is 1. The minimum Gasteiger partial charge on any atom is -0.493 e. The average molecular weight is 584 g/mol. The van der Waals surface area contributed by atoms with Gasteiger partial charge in [0.25, 0.3) is 5.91 Å². The summed E-state index contributed by atoms with van der Waals surface area (Å²) in [5.74, 6) is 0.00988. The van der Waals surface area contributed by atoms with Gasteiger partial charge in [-0.05, 0) is 61.9 Å². The molecule has 1 unspecified atom stereocenters. The van der Waals surface area contributed by atoms with Crippen LogP contribution in [-0.4, -0.2) is 30.0 Å². The van der Waals surface area contributed by atoms with Gasteiger partial charge in [-0.15, -0.1) is 0 Å². The van der Waals surface area contributed by atoms with Gasteiger partial charge in [0.2, 0.25) is 0 Å². The molecule has 1 atom stereocenters. The van der Waals surface area contributed by atoms with Crippen LogP contribution in [0.1, 0.15) is 74.3 Å². The summed E-state index contributed by atoms with van der Waals surface area (Å²) in [6.45, 7) is 5.72. The standard InChI is InChI=1S/C31H32F3N3O5/c1-4-8-20-16-23-24(31(32,33)34)17-25(38)42-27(23)22(9-5-2)26(20)41-15-7-6-14-37-28(39)30(3,36-29(37)40)21-12-10-19(18-35)11-13-21/h10-13,16-17H,4-9,14-15H2,1-3H3,(H,36,40). The van der Waals surface area contributed by atoms with E-state index in [-0.39, 0.29) is 24.1 Å². The number of benzene rings is 2. The third-order valence-corrected chi connectivity index (χ3v) is 7.37. The maximum atomic E-state index is 13.8. The fraction of sp³-hybridized carbons (Fsp3) is 0.419. The summed E-state index contributed by atoms with van der Waals surface area (Å²) in [5, 5.41) is 11.6. The lowest BCUT2D eigenvalue weighted by Gasteiger charge is -2.22. The molecule has 0 bridgehead atoms. The van der Waals surface area contributed by atoms with Crippen LogP contribution in [0, 0.1) is 11.3 Å². The molecule has 0 aliphatic carbocycles. The number of fused-ring (bicyclic) bond motifs is 1. The fourth-order valence-electron chi connectivity index (χ4n) is 5.27. The molecular formula is C31H32F3N3O5. The summed E-state index contributed by atoms with van der Waals surface area (Å²) >= 11 is 0. The lowest BCUT2D eigenvalue weighted by atomic mass is 9.91. The third kappa shape index (κ3) is 5.98. The van der Waals surface area contributed by atoms with Crippen molar-refractivity contribution in [2.45, 2.75) is 71.0 Å². The van der Waals surface area contributed by atoms with E-state index in [0.717, 1.165) is 4.90 Å². The van der Waals surface area contributed by atoms with Crippen molar-refractivity contribution in [1.29, 1.82) is 5.26 Å². The quantitative estimate of drug-likeness (QED) is 0.163. The Hall–Kier alpha value is -4.33. The van der Waals surface area contributed by atoms with Gasteiger partial charge in [-0.2, -0.15) is 18.4 Å². The molecule has 2 aromatic carbocycles. The summed E-state index contributed by atoms with van der Waals surface area (Å²) in [5.41, 5.74) is -1.46. The van der Waals surface area contributed by atoms with Crippen molar-refractivity contribution in [3.05, 3.63) is 74.6 Å². The Balaban J connectivity index is 1.50. The summed E-state index contributed by atoms with van der Waals surface area (Å²) < 4.78 is 52.8. The number of halogens is 3. The predicted octanol–water partition coefficient (Wildman–Crippen LogP) is 6.21. The molecule has 1 aliphatic rings. The number of ether oxygens (including phenoxy) is 1. The van der Waals surface area contributed by atoms with Crippen LogP contribution in [0.2, 0.25) is 0 Å². The monoisotopic (exact) mass is 583 g/mol. The van der Waals surface area contributed by atoms with Crippen molar-refractivity contribution in [1.82, 2.24) is 10.2 Å². The molecule has 222 valence electrons. The number of carbonyl (C=O) groups excluding carboxylic acids is 2. The van der Waals surface area contributed by atoms with Gasteiger partial charge in [0, 0.05) is 23.6 Å². The average Bonchev–Trinajstić information content (AvgIpc) is 3.17. The highest BCUT2D eigenvalue weighted by Crippen LogP contribution is 2.40. The Labute approximate surface area is 241 Å². The van der Waals surface area contributed by atoms with Crippen LogP contribution >= 0.6 is 0 Å². The zero-order valence-electron chi connectivity index (χ0n) is 23.7. The molecule has 0 spiro atoms. The van der Waals surface area contributed by atoms with E-state index in [1.54, 1.807) is 31.2 Å². The highest BCUT2D eigenvalue weighted by Gasteiger charge is 2.48. The number of carbonyl (C=O) groups is 2. The summed E-state index contributed by atoms with van der Waals surface area (Å²) in [6, 6.07) is 9.83. The van der Waals surface area contributed by atoms with Crippen LogP contribution in [0.5, 0.6) is 5.75 Å². The summed E-state index contributed by atoms with van der Waals surface area (Å²) in [4.78, 5) is 39.1. The Morgan fingerprint density at radius 3 is 2.36 bits per heavy atom. The van der Waals surface area contributed by atoms with E-state index >= 15 is 0 Å². The Bertz CT molecular complexity index is 1590. The minimum atomic E-state index is -4.72. The van der Waals surface area contributed by atoms with Crippen LogP contribution in [0.15, 0.2) is 45.6 Å². The summed E-state index contributed by atoms with van der Waals surface area (Å²) in [6.07, 6.45) is -1.78. The molecule has 1 fully saturated rings. The number of amides is 3. The highest BCUT2D eigenvalue weighted by atomic mass is 19.4. The van der Waals surface area contributed by atoms with Crippen molar-refractivity contribution < 1.29 is 31.9 Å². The van der Waals surface area contributed by atoms with Gasteiger partial charge in [0.1, 0.15) is 16.9 Å². The van der Waals surface area contributed by atoms with Crippen molar-refractivity contribution in [2.24, 2.45) is 0 Å².